The van der Waals surface area contributed by atoms with E-state index in [0.29, 0.717) is 0 Å². The topological polar surface area (TPSA) is 28.2 Å². The molecular weight excluding hydrogens is 234 g/mol. The van der Waals surface area contributed by atoms with Gasteiger partial charge in [-0.15, -0.1) is 0 Å². The fourth-order valence-electron chi connectivity index (χ4n) is 2.59. The lowest BCUT2D eigenvalue weighted by molar-refractivity contribution is 0.422. The molecule has 2 heterocycles. The molecule has 1 aromatic heterocycles. The third kappa shape index (κ3) is 3.85. The van der Waals surface area contributed by atoms with Crippen LogP contribution in [0.3, 0.4) is 0 Å². The second-order valence-corrected chi connectivity index (χ2v) is 6.99. The first-order chi connectivity index (χ1) is 8.85. The van der Waals surface area contributed by atoms with Crippen LogP contribution in [0.5, 0.6) is 0 Å². The van der Waals surface area contributed by atoms with Gasteiger partial charge < -0.3 is 10.2 Å². The molecule has 0 aromatic carbocycles. The van der Waals surface area contributed by atoms with Crippen LogP contribution >= 0.6 is 0 Å². The minimum Gasteiger partial charge on any atom is -0.365 e. The summed E-state index contributed by atoms with van der Waals surface area (Å²) in [4.78, 5) is 7.16. The SMILES string of the molecule is CC(C)C1CCN(c2cccc(NC(C)(C)C)n2)C1. The fourth-order valence-corrected chi connectivity index (χ4v) is 2.59. The molecule has 1 aliphatic heterocycles. The van der Waals surface area contributed by atoms with Crippen LogP contribution in [-0.4, -0.2) is 23.6 Å². The minimum absolute atomic E-state index is 0.0527. The number of nitrogens with one attached hydrogen (secondary N) is 1. The van der Waals surface area contributed by atoms with Crippen molar-refractivity contribution in [1.29, 1.82) is 0 Å². The van der Waals surface area contributed by atoms with Crippen molar-refractivity contribution in [3.63, 3.8) is 0 Å². The Kier molecular flexibility index (Phi) is 4.02. The molecule has 3 heteroatoms. The smallest absolute Gasteiger partial charge is 0.130 e. The van der Waals surface area contributed by atoms with Crippen molar-refractivity contribution in [2.75, 3.05) is 23.3 Å². The summed E-state index contributed by atoms with van der Waals surface area (Å²) in [6.07, 6.45) is 1.29. The molecule has 0 bridgehead atoms. The molecule has 1 saturated heterocycles. The Morgan fingerprint density at radius 2 is 2.05 bits per heavy atom. The van der Waals surface area contributed by atoms with E-state index in [1.165, 1.54) is 6.42 Å². The van der Waals surface area contributed by atoms with Crippen molar-refractivity contribution in [3.05, 3.63) is 18.2 Å². The summed E-state index contributed by atoms with van der Waals surface area (Å²) in [5, 5.41) is 3.44. The molecule has 1 aromatic rings. The quantitative estimate of drug-likeness (QED) is 0.897. The van der Waals surface area contributed by atoms with Gasteiger partial charge in [0.25, 0.3) is 0 Å². The molecule has 0 amide bonds. The van der Waals surface area contributed by atoms with Crippen molar-refractivity contribution in [2.24, 2.45) is 11.8 Å². The molecule has 2 rings (SSSR count). The van der Waals surface area contributed by atoms with Crippen LogP contribution in [-0.2, 0) is 0 Å². The monoisotopic (exact) mass is 261 g/mol. The van der Waals surface area contributed by atoms with E-state index in [9.17, 15) is 0 Å². The van der Waals surface area contributed by atoms with Gasteiger partial charge in [0.2, 0.25) is 0 Å². The maximum absolute atomic E-state index is 4.75. The molecule has 0 saturated carbocycles. The molecular formula is C16H27N3. The lowest BCUT2D eigenvalue weighted by Gasteiger charge is -2.23. The van der Waals surface area contributed by atoms with Gasteiger partial charge in [0.05, 0.1) is 0 Å². The maximum Gasteiger partial charge on any atom is 0.130 e. The van der Waals surface area contributed by atoms with Gasteiger partial charge in [0.15, 0.2) is 0 Å². The zero-order valence-electron chi connectivity index (χ0n) is 12.9. The molecule has 106 valence electrons. The predicted octanol–water partition coefficient (Wildman–Crippen LogP) is 3.77. The van der Waals surface area contributed by atoms with Crippen molar-refractivity contribution in [3.8, 4) is 0 Å². The number of hydrogen-bond donors (Lipinski definition) is 1. The minimum atomic E-state index is 0.0527. The first-order valence-corrected chi connectivity index (χ1v) is 7.35. The molecule has 1 fully saturated rings. The zero-order valence-corrected chi connectivity index (χ0v) is 12.9. The van der Waals surface area contributed by atoms with E-state index in [4.69, 9.17) is 4.98 Å². The van der Waals surface area contributed by atoms with Crippen LogP contribution < -0.4 is 10.2 Å². The summed E-state index contributed by atoms with van der Waals surface area (Å²) in [7, 11) is 0. The number of anilines is 2. The van der Waals surface area contributed by atoms with E-state index < -0.39 is 0 Å². The average Bonchev–Trinajstić information content (AvgIpc) is 2.76. The van der Waals surface area contributed by atoms with Crippen molar-refractivity contribution >= 4 is 11.6 Å². The van der Waals surface area contributed by atoms with Gasteiger partial charge >= 0.3 is 0 Å². The van der Waals surface area contributed by atoms with E-state index in [0.717, 1.165) is 36.6 Å². The summed E-state index contributed by atoms with van der Waals surface area (Å²) in [5.41, 5.74) is 0.0527. The molecule has 0 radical (unpaired) electrons. The molecule has 19 heavy (non-hydrogen) atoms. The number of rotatable bonds is 3. The third-order valence-corrected chi connectivity index (χ3v) is 3.73. The highest BCUT2D eigenvalue weighted by Crippen LogP contribution is 2.28. The number of aromatic nitrogens is 1. The zero-order chi connectivity index (χ0) is 14.0. The van der Waals surface area contributed by atoms with Gasteiger partial charge in [0, 0.05) is 18.6 Å². The standard InChI is InChI=1S/C16H27N3/c1-12(2)13-9-10-19(11-13)15-8-6-7-14(17-15)18-16(3,4)5/h6-8,12-13H,9-11H2,1-5H3,(H,17,18). The Labute approximate surface area is 117 Å². The van der Waals surface area contributed by atoms with E-state index in [1.54, 1.807) is 0 Å². The van der Waals surface area contributed by atoms with Crippen molar-refractivity contribution < 1.29 is 0 Å². The highest BCUT2D eigenvalue weighted by molar-refractivity contribution is 5.48. The van der Waals surface area contributed by atoms with Crippen LogP contribution in [0.25, 0.3) is 0 Å². The van der Waals surface area contributed by atoms with Gasteiger partial charge in [-0.25, -0.2) is 4.98 Å². The van der Waals surface area contributed by atoms with Crippen LogP contribution in [0.4, 0.5) is 11.6 Å². The van der Waals surface area contributed by atoms with Gasteiger partial charge in [0.1, 0.15) is 11.6 Å². The molecule has 1 N–H and O–H groups in total. The summed E-state index contributed by atoms with van der Waals surface area (Å²) in [6, 6.07) is 6.26. The molecule has 1 unspecified atom stereocenters. The lowest BCUT2D eigenvalue weighted by atomic mass is 9.95. The third-order valence-electron chi connectivity index (χ3n) is 3.73. The molecule has 0 spiro atoms. The Morgan fingerprint density at radius 1 is 1.32 bits per heavy atom. The largest absolute Gasteiger partial charge is 0.365 e. The Bertz CT molecular complexity index is 420. The number of hydrogen-bond acceptors (Lipinski definition) is 3. The Balaban J connectivity index is 2.07. The fraction of sp³-hybridized carbons (Fsp3) is 0.688. The first kappa shape index (κ1) is 14.2. The molecule has 3 nitrogen and oxygen atoms in total. The van der Waals surface area contributed by atoms with E-state index in [2.05, 4.69) is 57.0 Å². The Hall–Kier alpha value is -1.25. The maximum atomic E-state index is 4.75. The number of nitrogens with zero attached hydrogens (tertiary/aromatic N) is 2. The second-order valence-electron chi connectivity index (χ2n) is 6.99. The number of pyridine rings is 1. The van der Waals surface area contributed by atoms with Crippen LogP contribution in [0.15, 0.2) is 18.2 Å². The Morgan fingerprint density at radius 3 is 2.63 bits per heavy atom. The van der Waals surface area contributed by atoms with Gasteiger partial charge in [-0.2, -0.15) is 0 Å². The molecule has 1 atom stereocenters. The van der Waals surface area contributed by atoms with Gasteiger partial charge in [-0.3, -0.25) is 0 Å². The molecule has 1 aliphatic rings. The summed E-state index contributed by atoms with van der Waals surface area (Å²) < 4.78 is 0. The normalized spacial score (nSPS) is 20.1. The van der Waals surface area contributed by atoms with Crippen LogP contribution in [0.2, 0.25) is 0 Å². The molecule has 0 aliphatic carbocycles. The lowest BCUT2D eigenvalue weighted by Crippen LogP contribution is -2.27. The van der Waals surface area contributed by atoms with Crippen LogP contribution in [0, 0.1) is 11.8 Å². The highest BCUT2D eigenvalue weighted by atomic mass is 15.2. The van der Waals surface area contributed by atoms with Gasteiger partial charge in [-0.05, 0) is 51.2 Å². The van der Waals surface area contributed by atoms with Crippen molar-refractivity contribution in [1.82, 2.24) is 4.98 Å². The highest BCUT2D eigenvalue weighted by Gasteiger charge is 2.25. The predicted molar refractivity (Wildman–Crippen MR) is 82.8 cm³/mol. The van der Waals surface area contributed by atoms with Crippen LogP contribution in [0.1, 0.15) is 41.0 Å². The van der Waals surface area contributed by atoms with Gasteiger partial charge in [-0.1, -0.05) is 19.9 Å². The second kappa shape index (κ2) is 5.40. The summed E-state index contributed by atoms with van der Waals surface area (Å²) in [6.45, 7) is 13.4. The van der Waals surface area contributed by atoms with Crippen molar-refractivity contribution in [2.45, 2.75) is 46.6 Å². The summed E-state index contributed by atoms with van der Waals surface area (Å²) in [5.74, 6) is 3.65. The van der Waals surface area contributed by atoms with E-state index >= 15 is 0 Å². The summed E-state index contributed by atoms with van der Waals surface area (Å²) >= 11 is 0. The first-order valence-electron chi connectivity index (χ1n) is 7.35. The van der Waals surface area contributed by atoms with E-state index in [-0.39, 0.29) is 5.54 Å². The average molecular weight is 261 g/mol. The van der Waals surface area contributed by atoms with E-state index in [1.807, 2.05) is 6.07 Å².